The predicted octanol–water partition coefficient (Wildman–Crippen LogP) is 8.85. The molecule has 0 bridgehead atoms. The van der Waals surface area contributed by atoms with Crippen LogP contribution >= 0.6 is 0 Å². The molecule has 4 aromatic rings. The van der Waals surface area contributed by atoms with Gasteiger partial charge in [0, 0.05) is 42.7 Å². The number of benzene rings is 4. The second kappa shape index (κ2) is 20.1. The third-order valence-corrected chi connectivity index (χ3v) is 8.39. The Morgan fingerprint density at radius 1 is 0.612 bits per heavy atom. The number of rotatable bonds is 17. The molecule has 2 atom stereocenters. The van der Waals surface area contributed by atoms with Crippen molar-refractivity contribution in [2.24, 2.45) is 0 Å². The molecule has 9 nitrogen and oxygen atoms in total. The molecule has 0 heterocycles. The number of hydrogen-bond donors (Lipinski definition) is 4. The van der Waals surface area contributed by atoms with E-state index in [1.807, 2.05) is 121 Å². The van der Waals surface area contributed by atoms with Crippen LogP contribution in [0.2, 0.25) is 0 Å². The summed E-state index contributed by atoms with van der Waals surface area (Å²) >= 11 is 0. The zero-order valence-electron chi connectivity index (χ0n) is 28.7. The number of urea groups is 3. The van der Waals surface area contributed by atoms with E-state index in [0.29, 0.717) is 24.5 Å². The van der Waals surface area contributed by atoms with Crippen LogP contribution in [0.15, 0.2) is 121 Å². The molecule has 9 heteroatoms. The summed E-state index contributed by atoms with van der Waals surface area (Å²) in [5, 5.41) is 11.9. The maximum atomic E-state index is 14.0. The van der Waals surface area contributed by atoms with Crippen LogP contribution in [0.1, 0.15) is 51.5 Å². The lowest BCUT2D eigenvalue weighted by Gasteiger charge is -2.38. The topological polar surface area (TPSA) is 106 Å². The quantitative estimate of drug-likeness (QED) is 0.0849. The Morgan fingerprint density at radius 2 is 1.10 bits per heavy atom. The Hall–Kier alpha value is -5.31. The summed E-state index contributed by atoms with van der Waals surface area (Å²) in [5.41, 5.74) is 3.34. The highest BCUT2D eigenvalue weighted by Crippen LogP contribution is 2.19. The standard InChI is InChI=1S/C40H50N6O3/c1-3-4-28-37(45(39(48)43-35-24-13-7-14-25-35)29-18-17-21-33-19-9-5-10-20-33)31-46(40(49)44-36-26-15-8-16-27-36)32(2)30-41-38(47)42-34-22-11-6-12-23-34/h5-16,19-20,22-27,32,37H,3-4,17-18,21,28-31H2,1-2H3,(H,43,48)(H,44,49)(H2,41,42,47)/t32-,37+/m0/s1. The molecule has 4 N–H and O–H groups in total. The zero-order valence-corrected chi connectivity index (χ0v) is 28.7. The minimum atomic E-state index is -0.383. The van der Waals surface area contributed by atoms with Crippen LogP contribution in [-0.2, 0) is 6.42 Å². The van der Waals surface area contributed by atoms with Gasteiger partial charge in [0.05, 0.1) is 6.04 Å². The van der Waals surface area contributed by atoms with Crippen molar-refractivity contribution in [2.45, 2.75) is 64.5 Å². The summed E-state index contributed by atoms with van der Waals surface area (Å²) < 4.78 is 0. The van der Waals surface area contributed by atoms with E-state index >= 15 is 0 Å². The van der Waals surface area contributed by atoms with Gasteiger partial charge in [-0.3, -0.25) is 0 Å². The monoisotopic (exact) mass is 662 g/mol. The average molecular weight is 663 g/mol. The molecule has 0 aliphatic heterocycles. The molecule has 0 aromatic heterocycles. The van der Waals surface area contributed by atoms with E-state index in [9.17, 15) is 14.4 Å². The molecule has 0 spiro atoms. The molecule has 0 radical (unpaired) electrons. The van der Waals surface area contributed by atoms with Crippen molar-refractivity contribution in [2.75, 3.05) is 35.6 Å². The molecule has 4 aromatic carbocycles. The first-order chi connectivity index (χ1) is 23.9. The van der Waals surface area contributed by atoms with Gasteiger partial charge in [0.2, 0.25) is 0 Å². The van der Waals surface area contributed by atoms with Gasteiger partial charge in [0.15, 0.2) is 0 Å². The van der Waals surface area contributed by atoms with Crippen LogP contribution in [0.5, 0.6) is 0 Å². The van der Waals surface area contributed by atoms with E-state index in [2.05, 4.69) is 40.3 Å². The number of amides is 6. The number of carbonyl (C=O) groups is 3. The lowest BCUT2D eigenvalue weighted by molar-refractivity contribution is 0.137. The predicted molar refractivity (Wildman–Crippen MR) is 200 cm³/mol. The summed E-state index contributed by atoms with van der Waals surface area (Å²) in [6, 6.07) is 36.9. The molecule has 0 aliphatic carbocycles. The molecular weight excluding hydrogens is 612 g/mol. The fourth-order valence-corrected chi connectivity index (χ4v) is 5.66. The Bertz CT molecular complexity index is 1540. The largest absolute Gasteiger partial charge is 0.336 e. The molecule has 0 saturated carbocycles. The SMILES string of the molecule is CCCC[C@H](CN(C(=O)Nc1ccccc1)[C@@H](C)CNC(=O)Nc1ccccc1)N(CCCCc1ccccc1)C(=O)Nc1ccccc1. The highest BCUT2D eigenvalue weighted by atomic mass is 16.2. The highest BCUT2D eigenvalue weighted by molar-refractivity contribution is 5.91. The van der Waals surface area contributed by atoms with Gasteiger partial charge in [0.25, 0.3) is 0 Å². The molecule has 4 rings (SSSR count). The number of carbonyl (C=O) groups excluding carboxylic acids is 3. The van der Waals surface area contributed by atoms with Crippen molar-refractivity contribution in [1.82, 2.24) is 15.1 Å². The number of hydrogen-bond acceptors (Lipinski definition) is 3. The lowest BCUT2D eigenvalue weighted by Crippen LogP contribution is -2.55. The summed E-state index contributed by atoms with van der Waals surface area (Å²) in [7, 11) is 0. The van der Waals surface area contributed by atoms with Crippen LogP contribution in [0.3, 0.4) is 0 Å². The van der Waals surface area contributed by atoms with Gasteiger partial charge in [-0.1, -0.05) is 105 Å². The minimum Gasteiger partial charge on any atom is -0.336 e. The third kappa shape index (κ3) is 12.7. The van der Waals surface area contributed by atoms with Crippen LogP contribution in [0.4, 0.5) is 31.4 Å². The van der Waals surface area contributed by atoms with Gasteiger partial charge >= 0.3 is 18.1 Å². The van der Waals surface area contributed by atoms with Crippen molar-refractivity contribution < 1.29 is 14.4 Å². The van der Waals surface area contributed by atoms with Gasteiger partial charge < -0.3 is 31.1 Å². The Kier molecular flexibility index (Phi) is 15.0. The number of para-hydroxylation sites is 3. The van der Waals surface area contributed by atoms with Gasteiger partial charge in [-0.15, -0.1) is 0 Å². The smallest absolute Gasteiger partial charge is 0.322 e. The first-order valence-corrected chi connectivity index (χ1v) is 17.3. The number of aryl methyl sites for hydroxylation is 1. The molecule has 0 aliphatic rings. The summed E-state index contributed by atoms with van der Waals surface area (Å²) in [6.45, 7) is 5.10. The zero-order chi connectivity index (χ0) is 34.7. The van der Waals surface area contributed by atoms with Gasteiger partial charge in [-0.2, -0.15) is 0 Å². The summed E-state index contributed by atoms with van der Waals surface area (Å²) in [4.78, 5) is 44.4. The number of unbranched alkanes of at least 4 members (excludes halogenated alkanes) is 2. The van der Waals surface area contributed by atoms with E-state index in [4.69, 9.17) is 0 Å². The van der Waals surface area contributed by atoms with Gasteiger partial charge in [-0.05, 0) is 74.6 Å². The van der Waals surface area contributed by atoms with Crippen molar-refractivity contribution in [3.63, 3.8) is 0 Å². The molecule has 0 fully saturated rings. The fraction of sp³-hybridized carbons (Fsp3) is 0.325. The van der Waals surface area contributed by atoms with Crippen LogP contribution in [0.25, 0.3) is 0 Å². The average Bonchev–Trinajstić information content (AvgIpc) is 3.12. The summed E-state index contributed by atoms with van der Waals surface area (Å²) in [5.74, 6) is 0. The fourth-order valence-electron chi connectivity index (χ4n) is 5.66. The Labute approximate surface area is 291 Å². The normalized spacial score (nSPS) is 11.9. The molecule has 258 valence electrons. The summed E-state index contributed by atoms with van der Waals surface area (Å²) in [6.07, 6.45) is 5.23. The van der Waals surface area contributed by atoms with Gasteiger partial charge in [0.1, 0.15) is 0 Å². The maximum Gasteiger partial charge on any atom is 0.322 e. The van der Waals surface area contributed by atoms with E-state index in [0.717, 1.165) is 44.2 Å². The molecule has 0 unspecified atom stereocenters. The maximum absolute atomic E-state index is 14.0. The second-order valence-electron chi connectivity index (χ2n) is 12.2. The highest BCUT2D eigenvalue weighted by Gasteiger charge is 2.30. The van der Waals surface area contributed by atoms with E-state index in [-0.39, 0.29) is 36.7 Å². The molecule has 0 saturated heterocycles. The van der Waals surface area contributed by atoms with E-state index in [1.54, 1.807) is 4.90 Å². The Morgan fingerprint density at radius 3 is 1.63 bits per heavy atom. The van der Waals surface area contributed by atoms with Crippen molar-refractivity contribution in [3.8, 4) is 0 Å². The third-order valence-electron chi connectivity index (χ3n) is 8.39. The van der Waals surface area contributed by atoms with Gasteiger partial charge in [-0.25, -0.2) is 14.4 Å². The van der Waals surface area contributed by atoms with Crippen LogP contribution in [0, 0.1) is 0 Å². The molecular formula is C40H50N6O3. The first kappa shape index (κ1) is 36.5. The lowest BCUT2D eigenvalue weighted by atomic mass is 10.0. The van der Waals surface area contributed by atoms with Crippen LogP contribution in [-0.4, -0.2) is 59.6 Å². The van der Waals surface area contributed by atoms with Crippen molar-refractivity contribution >= 4 is 35.2 Å². The number of nitrogens with zero attached hydrogens (tertiary/aromatic N) is 2. The van der Waals surface area contributed by atoms with Crippen molar-refractivity contribution in [1.29, 1.82) is 0 Å². The minimum absolute atomic E-state index is 0.191. The molecule has 49 heavy (non-hydrogen) atoms. The number of anilines is 3. The van der Waals surface area contributed by atoms with E-state index < -0.39 is 0 Å². The first-order valence-electron chi connectivity index (χ1n) is 17.3. The Balaban J connectivity index is 1.54. The van der Waals surface area contributed by atoms with E-state index in [1.165, 1.54) is 5.56 Å². The van der Waals surface area contributed by atoms with Crippen LogP contribution < -0.4 is 21.3 Å². The van der Waals surface area contributed by atoms with Crippen molar-refractivity contribution in [3.05, 3.63) is 127 Å². The second-order valence-corrected chi connectivity index (χ2v) is 12.2. The number of nitrogens with one attached hydrogen (secondary N) is 4. The molecule has 6 amide bonds.